The number of rotatable bonds is 6. The van der Waals surface area contributed by atoms with Gasteiger partial charge in [0.05, 0.1) is 22.6 Å². The van der Waals surface area contributed by atoms with Crippen LogP contribution in [0.4, 0.5) is 30.2 Å². The van der Waals surface area contributed by atoms with Crippen LogP contribution in [-0.4, -0.2) is 42.4 Å². The highest BCUT2D eigenvalue weighted by atomic mass is 19.4. The van der Waals surface area contributed by atoms with Crippen LogP contribution in [0.1, 0.15) is 17.3 Å². The number of alkyl halides is 3. The number of nitrogens with one attached hydrogen (secondary N) is 2. The summed E-state index contributed by atoms with van der Waals surface area (Å²) in [6, 6.07) is 12.4. The zero-order valence-electron chi connectivity index (χ0n) is 17.2. The van der Waals surface area contributed by atoms with Crippen molar-refractivity contribution in [3.05, 3.63) is 66.4 Å². The largest absolute Gasteiger partial charge is 0.454 e. The highest BCUT2D eigenvalue weighted by Gasteiger charge is 2.36. The maximum Gasteiger partial charge on any atom is 0.454 e. The van der Waals surface area contributed by atoms with Crippen LogP contribution in [0.5, 0.6) is 0 Å². The summed E-state index contributed by atoms with van der Waals surface area (Å²) in [6.45, 7) is 1.08. The number of fused-ring (bicyclic) bond motifs is 1. The monoisotopic (exact) mass is 461 g/mol. The molecular weight excluding hydrogens is 443 g/mol. The number of allylic oxidation sites excluding steroid dienone is 1. The maximum atomic E-state index is 12.9. The average molecular weight is 461 g/mol. The molecule has 0 saturated heterocycles. The molecule has 0 fully saturated rings. The number of amides is 2. The number of ketones is 1. The van der Waals surface area contributed by atoms with E-state index in [0.717, 1.165) is 6.20 Å². The van der Waals surface area contributed by atoms with Gasteiger partial charge in [-0.1, -0.05) is 24.3 Å². The molecule has 8 nitrogen and oxygen atoms in total. The van der Waals surface area contributed by atoms with Crippen molar-refractivity contribution in [2.45, 2.75) is 19.2 Å². The van der Waals surface area contributed by atoms with Crippen LogP contribution in [0.2, 0.25) is 0 Å². The summed E-state index contributed by atoms with van der Waals surface area (Å²) in [5, 5.41) is 5.08. The lowest BCUT2D eigenvalue weighted by molar-refractivity contribution is -0.165. The first-order valence-electron chi connectivity index (χ1n) is 9.62. The van der Waals surface area contributed by atoms with Crippen LogP contribution < -0.4 is 15.5 Å². The van der Waals surface area contributed by atoms with Crippen molar-refractivity contribution < 1.29 is 37.1 Å². The molecule has 2 N–H and O–H groups in total. The summed E-state index contributed by atoms with van der Waals surface area (Å²) in [7, 11) is 0. The lowest BCUT2D eigenvalue weighted by atomic mass is 10.1. The normalized spacial score (nSPS) is 14.3. The molecule has 2 aromatic rings. The second kappa shape index (κ2) is 9.55. The van der Waals surface area contributed by atoms with Crippen molar-refractivity contribution in [2.75, 3.05) is 22.1 Å². The van der Waals surface area contributed by atoms with E-state index in [9.17, 15) is 32.3 Å². The molecule has 1 unspecified atom stereocenters. The van der Waals surface area contributed by atoms with E-state index in [1.807, 2.05) is 0 Å². The quantitative estimate of drug-likeness (QED) is 0.506. The average Bonchev–Trinajstić information content (AvgIpc) is 2.77. The summed E-state index contributed by atoms with van der Waals surface area (Å²) in [4.78, 5) is 49.6. The van der Waals surface area contributed by atoms with E-state index in [-0.39, 0.29) is 23.9 Å². The second-order valence-corrected chi connectivity index (χ2v) is 6.92. The van der Waals surface area contributed by atoms with E-state index in [2.05, 4.69) is 10.6 Å². The van der Waals surface area contributed by atoms with Gasteiger partial charge in [0, 0.05) is 12.3 Å². The van der Waals surface area contributed by atoms with Gasteiger partial charge in [-0.15, -0.1) is 0 Å². The minimum atomic E-state index is -5.02. The minimum absolute atomic E-state index is 0.0658. The number of hydrogen-bond donors (Lipinski definition) is 2. The van der Waals surface area contributed by atoms with Crippen molar-refractivity contribution in [1.82, 2.24) is 0 Å². The topological polar surface area (TPSA) is 105 Å². The molecule has 172 valence electrons. The van der Waals surface area contributed by atoms with Gasteiger partial charge in [-0.3, -0.25) is 19.3 Å². The second-order valence-electron chi connectivity index (χ2n) is 6.92. The molecule has 0 spiro atoms. The zero-order valence-corrected chi connectivity index (χ0v) is 17.2. The number of hydrogen-bond acceptors (Lipinski definition) is 6. The van der Waals surface area contributed by atoms with Gasteiger partial charge in [-0.05, 0) is 31.2 Å². The Morgan fingerprint density at radius 1 is 1.12 bits per heavy atom. The minimum Gasteiger partial charge on any atom is -0.449 e. The molecule has 3 rings (SSSR count). The van der Waals surface area contributed by atoms with Crippen LogP contribution >= 0.6 is 0 Å². The molecule has 2 aromatic carbocycles. The number of benzene rings is 2. The third-order valence-corrected chi connectivity index (χ3v) is 4.57. The standard InChI is InChI=1S/C22H18F3N3O5/c1-13(20(31)28-12-19(30)27-16-8-4-5-9-17(16)28)33-21(32)14-6-2-3-7-15(14)26-11-10-18(29)22(23,24)25/h2-11,13,26H,12H2,1H3,(H,27,30)/b11-10+. The Morgan fingerprint density at radius 3 is 2.52 bits per heavy atom. The van der Waals surface area contributed by atoms with Crippen molar-refractivity contribution in [1.29, 1.82) is 0 Å². The van der Waals surface area contributed by atoms with Gasteiger partial charge >= 0.3 is 12.1 Å². The number of esters is 1. The third kappa shape index (κ3) is 5.56. The Bertz CT molecular complexity index is 1130. The fourth-order valence-electron chi connectivity index (χ4n) is 3.01. The Balaban J connectivity index is 1.72. The van der Waals surface area contributed by atoms with Crippen molar-refractivity contribution in [2.24, 2.45) is 0 Å². The first kappa shape index (κ1) is 23.5. The van der Waals surface area contributed by atoms with Gasteiger partial charge < -0.3 is 15.4 Å². The van der Waals surface area contributed by atoms with Gasteiger partial charge in [0.2, 0.25) is 5.91 Å². The number of carbonyl (C=O) groups is 4. The molecule has 1 atom stereocenters. The van der Waals surface area contributed by atoms with Crippen molar-refractivity contribution in [3.63, 3.8) is 0 Å². The highest BCUT2D eigenvalue weighted by molar-refractivity contribution is 6.11. The first-order chi connectivity index (χ1) is 15.6. The summed E-state index contributed by atoms with van der Waals surface area (Å²) in [6.07, 6.45) is -5.25. The molecule has 1 aliphatic heterocycles. The third-order valence-electron chi connectivity index (χ3n) is 4.57. The molecule has 1 heterocycles. The Kier molecular flexibility index (Phi) is 6.80. The molecule has 0 radical (unpaired) electrons. The number of halogens is 3. The number of carbonyl (C=O) groups excluding carboxylic acids is 4. The van der Waals surface area contributed by atoms with Crippen LogP contribution in [-0.2, 0) is 19.1 Å². The summed E-state index contributed by atoms with van der Waals surface area (Å²) >= 11 is 0. The Labute approximate surface area is 186 Å². The lowest BCUT2D eigenvalue weighted by Crippen LogP contribution is -2.47. The van der Waals surface area contributed by atoms with Crippen LogP contribution in [0.15, 0.2) is 60.8 Å². The molecule has 0 aliphatic carbocycles. The van der Waals surface area contributed by atoms with Gasteiger partial charge in [0.25, 0.3) is 11.7 Å². The van der Waals surface area contributed by atoms with E-state index in [1.165, 1.54) is 36.1 Å². The predicted octanol–water partition coefficient (Wildman–Crippen LogP) is 3.27. The molecule has 0 saturated carbocycles. The van der Waals surface area contributed by atoms with E-state index >= 15 is 0 Å². The summed E-state index contributed by atoms with van der Waals surface area (Å²) in [5.41, 5.74) is 0.885. The molecule has 11 heteroatoms. The molecule has 33 heavy (non-hydrogen) atoms. The lowest BCUT2D eigenvalue weighted by Gasteiger charge is -2.30. The smallest absolute Gasteiger partial charge is 0.449 e. The number of ether oxygens (including phenoxy) is 1. The van der Waals surface area contributed by atoms with Crippen molar-refractivity contribution >= 4 is 40.6 Å². The van der Waals surface area contributed by atoms with Crippen LogP contribution in [0, 0.1) is 0 Å². The number of para-hydroxylation sites is 3. The Morgan fingerprint density at radius 2 is 1.79 bits per heavy atom. The van der Waals surface area contributed by atoms with Crippen LogP contribution in [0.25, 0.3) is 0 Å². The van der Waals surface area contributed by atoms with Gasteiger partial charge in [-0.2, -0.15) is 13.2 Å². The SMILES string of the molecule is CC(OC(=O)c1ccccc1N/C=C/C(=O)C(F)(F)F)C(=O)N1CC(=O)Nc2ccccc21. The number of nitrogens with zero attached hydrogens (tertiary/aromatic N) is 1. The van der Waals surface area contributed by atoms with Gasteiger partial charge in [0.15, 0.2) is 6.10 Å². The first-order valence-corrected chi connectivity index (χ1v) is 9.62. The molecule has 1 aliphatic rings. The Hall–Kier alpha value is -4.15. The maximum absolute atomic E-state index is 12.9. The number of anilines is 3. The predicted molar refractivity (Wildman–Crippen MR) is 113 cm³/mol. The van der Waals surface area contributed by atoms with E-state index < -0.39 is 35.8 Å². The highest BCUT2D eigenvalue weighted by Crippen LogP contribution is 2.29. The molecule has 0 aromatic heterocycles. The van der Waals surface area contributed by atoms with E-state index in [0.29, 0.717) is 11.4 Å². The van der Waals surface area contributed by atoms with Crippen molar-refractivity contribution in [3.8, 4) is 0 Å². The summed E-state index contributed by atoms with van der Waals surface area (Å²) in [5.74, 6) is -4.04. The van der Waals surface area contributed by atoms with E-state index in [1.54, 1.807) is 24.3 Å². The zero-order chi connectivity index (χ0) is 24.2. The fraction of sp³-hybridized carbons (Fsp3) is 0.182. The molecule has 0 bridgehead atoms. The molecular formula is C22H18F3N3O5. The summed E-state index contributed by atoms with van der Waals surface area (Å²) < 4.78 is 42.2. The van der Waals surface area contributed by atoms with Gasteiger partial charge in [0.1, 0.15) is 6.54 Å². The van der Waals surface area contributed by atoms with E-state index in [4.69, 9.17) is 4.74 Å². The van der Waals surface area contributed by atoms with Gasteiger partial charge in [-0.25, -0.2) is 4.79 Å². The van der Waals surface area contributed by atoms with Crippen LogP contribution in [0.3, 0.4) is 0 Å². The fourth-order valence-corrected chi connectivity index (χ4v) is 3.01. The molecule has 2 amide bonds.